The van der Waals surface area contributed by atoms with Gasteiger partial charge in [0.1, 0.15) is 5.75 Å². The molecule has 0 radical (unpaired) electrons. The maximum Gasteiger partial charge on any atom is 0.250 e. The summed E-state index contributed by atoms with van der Waals surface area (Å²) in [6.45, 7) is 2.70. The zero-order chi connectivity index (χ0) is 21.5. The molecule has 1 aliphatic rings. The second-order valence-corrected chi connectivity index (χ2v) is 7.55. The molecule has 1 saturated heterocycles. The summed E-state index contributed by atoms with van der Waals surface area (Å²) in [6, 6.07) is 15.4. The predicted molar refractivity (Wildman–Crippen MR) is 124 cm³/mol. The van der Waals surface area contributed by atoms with Gasteiger partial charge in [-0.05, 0) is 30.3 Å². The number of nitrogens with one attached hydrogen (secondary N) is 2. The standard InChI is InChI=1S/C21H22BrN7O2/c1-30-18-8-7-16(22)13-15(18)14-23-28-20-25-19(24-17-5-3-2-4-6-17)26-21(27-20)29-9-11-31-12-10-29/h2-8,13-14H,9-12H2,1H3,(H2,24,25,26,27,28)/b23-14+. The number of benzene rings is 2. The van der Waals surface area contributed by atoms with Crippen molar-refractivity contribution in [3.05, 3.63) is 58.6 Å². The van der Waals surface area contributed by atoms with E-state index in [9.17, 15) is 0 Å². The van der Waals surface area contributed by atoms with Crippen LogP contribution in [0.2, 0.25) is 0 Å². The molecular weight excluding hydrogens is 462 g/mol. The topological polar surface area (TPSA) is 96.8 Å². The van der Waals surface area contributed by atoms with Crippen LogP contribution in [-0.2, 0) is 4.74 Å². The molecule has 31 heavy (non-hydrogen) atoms. The number of para-hydroxylation sites is 1. The average molecular weight is 484 g/mol. The number of hydrazone groups is 1. The van der Waals surface area contributed by atoms with Crippen LogP contribution in [0, 0.1) is 0 Å². The molecule has 2 N–H and O–H groups in total. The van der Waals surface area contributed by atoms with E-state index in [-0.39, 0.29) is 0 Å². The average Bonchev–Trinajstić information content (AvgIpc) is 2.80. The lowest BCUT2D eigenvalue weighted by molar-refractivity contribution is 0.122. The van der Waals surface area contributed by atoms with Gasteiger partial charge >= 0.3 is 0 Å². The molecule has 3 aromatic rings. The first-order valence-corrected chi connectivity index (χ1v) is 10.5. The largest absolute Gasteiger partial charge is 0.496 e. The summed E-state index contributed by atoms with van der Waals surface area (Å²) >= 11 is 3.46. The summed E-state index contributed by atoms with van der Waals surface area (Å²) in [7, 11) is 1.62. The number of halogens is 1. The van der Waals surface area contributed by atoms with E-state index in [0.29, 0.717) is 49.9 Å². The number of hydrogen-bond donors (Lipinski definition) is 2. The molecule has 160 valence electrons. The first-order valence-electron chi connectivity index (χ1n) is 9.75. The van der Waals surface area contributed by atoms with Crippen LogP contribution in [0.3, 0.4) is 0 Å². The van der Waals surface area contributed by atoms with Gasteiger partial charge in [-0.15, -0.1) is 0 Å². The minimum absolute atomic E-state index is 0.333. The van der Waals surface area contributed by atoms with Crippen molar-refractivity contribution in [1.29, 1.82) is 0 Å². The number of methoxy groups -OCH3 is 1. The second kappa shape index (κ2) is 10.2. The number of morpholine rings is 1. The normalized spacial score (nSPS) is 13.9. The minimum Gasteiger partial charge on any atom is -0.496 e. The van der Waals surface area contributed by atoms with E-state index < -0.39 is 0 Å². The van der Waals surface area contributed by atoms with Crippen LogP contribution in [0.4, 0.5) is 23.5 Å². The van der Waals surface area contributed by atoms with E-state index in [1.54, 1.807) is 13.3 Å². The van der Waals surface area contributed by atoms with Crippen molar-refractivity contribution in [3.8, 4) is 5.75 Å². The molecule has 2 heterocycles. The van der Waals surface area contributed by atoms with Crippen LogP contribution in [0.1, 0.15) is 5.56 Å². The SMILES string of the molecule is COc1ccc(Br)cc1/C=N/Nc1nc(Nc2ccccc2)nc(N2CCOCC2)n1. The molecule has 2 aromatic carbocycles. The van der Waals surface area contributed by atoms with Crippen molar-refractivity contribution in [1.82, 2.24) is 15.0 Å². The Bertz CT molecular complexity index is 1040. The van der Waals surface area contributed by atoms with E-state index in [4.69, 9.17) is 9.47 Å². The number of aromatic nitrogens is 3. The van der Waals surface area contributed by atoms with Crippen LogP contribution in [0.5, 0.6) is 5.75 Å². The third kappa shape index (κ3) is 5.68. The van der Waals surface area contributed by atoms with Gasteiger partial charge < -0.3 is 19.7 Å². The number of rotatable bonds is 7. The summed E-state index contributed by atoms with van der Waals surface area (Å²) in [6.07, 6.45) is 1.66. The van der Waals surface area contributed by atoms with Crippen LogP contribution in [0.15, 0.2) is 58.1 Å². The van der Waals surface area contributed by atoms with E-state index in [0.717, 1.165) is 15.7 Å². The van der Waals surface area contributed by atoms with Crippen LogP contribution < -0.4 is 20.4 Å². The monoisotopic (exact) mass is 483 g/mol. The van der Waals surface area contributed by atoms with Crippen molar-refractivity contribution in [2.24, 2.45) is 5.10 Å². The van der Waals surface area contributed by atoms with E-state index in [1.807, 2.05) is 48.5 Å². The zero-order valence-electron chi connectivity index (χ0n) is 17.0. The van der Waals surface area contributed by atoms with Gasteiger partial charge in [-0.2, -0.15) is 20.1 Å². The third-order valence-electron chi connectivity index (χ3n) is 4.51. The summed E-state index contributed by atoms with van der Waals surface area (Å²) in [4.78, 5) is 15.6. The van der Waals surface area contributed by atoms with Crippen LogP contribution in [0.25, 0.3) is 0 Å². The molecule has 0 aliphatic carbocycles. The molecule has 4 rings (SSSR count). The zero-order valence-corrected chi connectivity index (χ0v) is 18.5. The fourth-order valence-corrected chi connectivity index (χ4v) is 3.37. The number of nitrogens with zero attached hydrogens (tertiary/aromatic N) is 5. The summed E-state index contributed by atoms with van der Waals surface area (Å²) in [5, 5.41) is 7.52. The maximum atomic E-state index is 5.44. The lowest BCUT2D eigenvalue weighted by Gasteiger charge is -2.27. The lowest BCUT2D eigenvalue weighted by Crippen LogP contribution is -2.37. The quantitative estimate of drug-likeness (QED) is 0.388. The Morgan fingerprint density at radius 2 is 1.84 bits per heavy atom. The molecule has 9 nitrogen and oxygen atoms in total. The Kier molecular flexibility index (Phi) is 6.90. The fraction of sp³-hybridized carbons (Fsp3) is 0.238. The Balaban J connectivity index is 1.58. The highest BCUT2D eigenvalue weighted by Crippen LogP contribution is 2.22. The smallest absolute Gasteiger partial charge is 0.250 e. The number of hydrogen-bond acceptors (Lipinski definition) is 9. The summed E-state index contributed by atoms with van der Waals surface area (Å²) in [5.74, 6) is 2.04. The molecular formula is C21H22BrN7O2. The highest BCUT2D eigenvalue weighted by Gasteiger charge is 2.16. The first kappa shape index (κ1) is 21.0. The Morgan fingerprint density at radius 1 is 1.06 bits per heavy atom. The van der Waals surface area contributed by atoms with Crippen LogP contribution >= 0.6 is 15.9 Å². The van der Waals surface area contributed by atoms with Crippen molar-refractivity contribution < 1.29 is 9.47 Å². The molecule has 0 saturated carbocycles. The molecule has 0 atom stereocenters. The molecule has 0 spiro atoms. The summed E-state index contributed by atoms with van der Waals surface area (Å²) < 4.78 is 11.7. The predicted octanol–water partition coefficient (Wildman–Crippen LogP) is 3.67. The van der Waals surface area contributed by atoms with Crippen LogP contribution in [-0.4, -0.2) is 54.6 Å². The number of ether oxygens (including phenoxy) is 2. The fourth-order valence-electron chi connectivity index (χ4n) is 2.99. The molecule has 1 fully saturated rings. The highest BCUT2D eigenvalue weighted by molar-refractivity contribution is 9.10. The van der Waals surface area contributed by atoms with Crippen molar-refractivity contribution in [3.63, 3.8) is 0 Å². The number of anilines is 4. The Labute approximate surface area is 188 Å². The highest BCUT2D eigenvalue weighted by atomic mass is 79.9. The summed E-state index contributed by atoms with van der Waals surface area (Å²) in [5.41, 5.74) is 4.61. The molecule has 0 amide bonds. The Hall–Kier alpha value is -3.24. The lowest BCUT2D eigenvalue weighted by atomic mass is 10.2. The molecule has 0 unspecified atom stereocenters. The molecule has 1 aliphatic heterocycles. The van der Waals surface area contributed by atoms with Gasteiger partial charge in [0.25, 0.3) is 0 Å². The minimum atomic E-state index is 0.333. The van der Waals surface area contributed by atoms with Crippen molar-refractivity contribution in [2.75, 3.05) is 49.1 Å². The van der Waals surface area contributed by atoms with Gasteiger partial charge in [-0.1, -0.05) is 34.1 Å². The third-order valence-corrected chi connectivity index (χ3v) is 5.00. The van der Waals surface area contributed by atoms with Gasteiger partial charge in [0.2, 0.25) is 17.8 Å². The van der Waals surface area contributed by atoms with E-state index in [1.165, 1.54) is 0 Å². The van der Waals surface area contributed by atoms with E-state index >= 15 is 0 Å². The van der Waals surface area contributed by atoms with Gasteiger partial charge in [0.05, 0.1) is 26.5 Å². The first-order chi connectivity index (χ1) is 15.2. The second-order valence-electron chi connectivity index (χ2n) is 6.63. The van der Waals surface area contributed by atoms with Crippen molar-refractivity contribution >= 4 is 45.7 Å². The van der Waals surface area contributed by atoms with Gasteiger partial charge in [-0.25, -0.2) is 5.43 Å². The molecule has 0 bridgehead atoms. The van der Waals surface area contributed by atoms with Crippen molar-refractivity contribution in [2.45, 2.75) is 0 Å². The molecule has 1 aromatic heterocycles. The van der Waals surface area contributed by atoms with Gasteiger partial charge in [-0.3, -0.25) is 0 Å². The van der Waals surface area contributed by atoms with E-state index in [2.05, 4.69) is 51.6 Å². The van der Waals surface area contributed by atoms with Gasteiger partial charge in [0.15, 0.2) is 0 Å². The maximum absolute atomic E-state index is 5.44. The molecule has 10 heteroatoms. The van der Waals surface area contributed by atoms with Gasteiger partial charge in [0, 0.05) is 28.8 Å². The Morgan fingerprint density at radius 3 is 2.61 bits per heavy atom.